The lowest BCUT2D eigenvalue weighted by atomic mass is 9.91. The van der Waals surface area contributed by atoms with Crippen molar-refractivity contribution in [3.05, 3.63) is 17.8 Å². The Kier molecular flexibility index (Phi) is 1.99. The molecule has 0 amide bonds. The molecule has 0 atom stereocenters. The molecule has 0 unspecified atom stereocenters. The largest absolute Gasteiger partial charge is 0.497 e. The molecule has 0 fully saturated rings. The van der Waals surface area contributed by atoms with E-state index in [0.717, 1.165) is 22.2 Å². The van der Waals surface area contributed by atoms with Gasteiger partial charge in [0.15, 0.2) is 0 Å². The van der Waals surface area contributed by atoms with Crippen molar-refractivity contribution in [1.82, 2.24) is 9.78 Å². The first-order chi connectivity index (χ1) is 6.63. The van der Waals surface area contributed by atoms with Crippen LogP contribution in [0.3, 0.4) is 0 Å². The number of methoxy groups -OCH3 is 1. The number of hydrogen-bond acceptors (Lipinski definition) is 2. The molecule has 0 aliphatic heterocycles. The molecular formula is C10H11BN2O. The van der Waals surface area contributed by atoms with E-state index in [4.69, 9.17) is 12.6 Å². The molecule has 3 nitrogen and oxygen atoms in total. The Morgan fingerprint density at radius 1 is 1.50 bits per heavy atom. The first kappa shape index (κ1) is 9.12. The Morgan fingerprint density at radius 2 is 2.21 bits per heavy atom. The van der Waals surface area contributed by atoms with Gasteiger partial charge in [-0.05, 0) is 6.92 Å². The minimum atomic E-state index is 0.658. The van der Waals surface area contributed by atoms with Gasteiger partial charge in [0.05, 0.1) is 12.6 Å². The molecule has 2 rings (SSSR count). The van der Waals surface area contributed by atoms with Gasteiger partial charge in [0, 0.05) is 24.2 Å². The third-order valence-corrected chi connectivity index (χ3v) is 2.33. The zero-order chi connectivity index (χ0) is 10.3. The third kappa shape index (κ3) is 1.18. The first-order valence-electron chi connectivity index (χ1n) is 4.40. The van der Waals surface area contributed by atoms with Crippen LogP contribution >= 0.6 is 0 Å². The summed E-state index contributed by atoms with van der Waals surface area (Å²) in [5.74, 6) is 0.719. The van der Waals surface area contributed by atoms with Gasteiger partial charge in [-0.25, -0.2) is 0 Å². The Balaban J connectivity index is 2.84. The van der Waals surface area contributed by atoms with Crippen molar-refractivity contribution < 1.29 is 4.74 Å². The topological polar surface area (TPSA) is 27.1 Å². The molecule has 0 saturated heterocycles. The van der Waals surface area contributed by atoms with Crippen LogP contribution in [0.1, 0.15) is 5.56 Å². The van der Waals surface area contributed by atoms with E-state index in [-0.39, 0.29) is 0 Å². The summed E-state index contributed by atoms with van der Waals surface area (Å²) in [5.41, 5.74) is 2.59. The Labute approximate surface area is 84.1 Å². The zero-order valence-electron chi connectivity index (χ0n) is 8.53. The van der Waals surface area contributed by atoms with E-state index in [2.05, 4.69) is 5.10 Å². The first-order valence-corrected chi connectivity index (χ1v) is 4.40. The number of benzene rings is 1. The molecule has 0 aliphatic rings. The molecule has 1 aromatic heterocycles. The van der Waals surface area contributed by atoms with E-state index >= 15 is 0 Å². The second-order valence-corrected chi connectivity index (χ2v) is 3.36. The summed E-state index contributed by atoms with van der Waals surface area (Å²) in [6.45, 7) is 1.96. The van der Waals surface area contributed by atoms with Gasteiger partial charge >= 0.3 is 0 Å². The number of hydrogen-bond donors (Lipinski definition) is 0. The lowest BCUT2D eigenvalue weighted by Gasteiger charge is -2.08. The van der Waals surface area contributed by atoms with Crippen molar-refractivity contribution in [2.45, 2.75) is 6.92 Å². The molecular weight excluding hydrogens is 175 g/mol. The van der Waals surface area contributed by atoms with Crippen LogP contribution in [0.5, 0.6) is 5.75 Å². The number of aromatic nitrogens is 2. The average Bonchev–Trinajstić information content (AvgIpc) is 2.47. The second kappa shape index (κ2) is 3.05. The average molecular weight is 186 g/mol. The maximum absolute atomic E-state index is 5.85. The van der Waals surface area contributed by atoms with Crippen LogP contribution in [0.2, 0.25) is 0 Å². The maximum atomic E-state index is 5.85. The van der Waals surface area contributed by atoms with Crippen molar-refractivity contribution in [2.24, 2.45) is 7.05 Å². The highest BCUT2D eigenvalue weighted by atomic mass is 16.5. The van der Waals surface area contributed by atoms with Crippen molar-refractivity contribution in [3.8, 4) is 5.75 Å². The number of aryl methyl sites for hydroxylation is 2. The molecule has 4 heteroatoms. The summed E-state index contributed by atoms with van der Waals surface area (Å²) in [6.07, 6.45) is 1.94. The number of nitrogens with zero attached hydrogens (tertiary/aromatic N) is 2. The normalized spacial score (nSPS) is 10.8. The number of rotatable bonds is 1. The van der Waals surface area contributed by atoms with Crippen LogP contribution < -0.4 is 10.2 Å². The quantitative estimate of drug-likeness (QED) is 0.612. The summed E-state index contributed by atoms with van der Waals surface area (Å²) < 4.78 is 6.99. The van der Waals surface area contributed by atoms with Gasteiger partial charge in [-0.3, -0.25) is 4.68 Å². The molecule has 0 saturated carbocycles. The summed E-state index contributed by atoms with van der Waals surface area (Å²) in [7, 11) is 9.35. The van der Waals surface area contributed by atoms with E-state index in [0.29, 0.717) is 5.46 Å². The van der Waals surface area contributed by atoms with Crippen LogP contribution in [-0.4, -0.2) is 24.7 Å². The fraction of sp³-hybridized carbons (Fsp3) is 0.300. The highest BCUT2D eigenvalue weighted by Gasteiger charge is 2.09. The fourth-order valence-electron chi connectivity index (χ4n) is 1.73. The molecule has 0 spiro atoms. The molecule has 1 heterocycles. The SMILES string of the molecule is [B]c1cc2cn(C)nc2c(C)c1OC. The summed E-state index contributed by atoms with van der Waals surface area (Å²) in [6, 6.07) is 1.88. The lowest BCUT2D eigenvalue weighted by molar-refractivity contribution is 0.416. The smallest absolute Gasteiger partial charge is 0.119 e. The van der Waals surface area contributed by atoms with Gasteiger partial charge in [-0.15, -0.1) is 0 Å². The van der Waals surface area contributed by atoms with Crippen LogP contribution in [0.4, 0.5) is 0 Å². The van der Waals surface area contributed by atoms with Crippen LogP contribution in [0, 0.1) is 6.92 Å². The van der Waals surface area contributed by atoms with Gasteiger partial charge in [-0.1, -0.05) is 11.5 Å². The molecule has 1 aromatic carbocycles. The van der Waals surface area contributed by atoms with Crippen LogP contribution in [0.15, 0.2) is 12.3 Å². The highest BCUT2D eigenvalue weighted by Crippen LogP contribution is 2.23. The maximum Gasteiger partial charge on any atom is 0.119 e. The Bertz CT molecular complexity index is 490. The van der Waals surface area contributed by atoms with E-state index in [1.807, 2.05) is 26.2 Å². The predicted octanol–water partition coefficient (Wildman–Crippen LogP) is 0.684. The van der Waals surface area contributed by atoms with E-state index in [1.54, 1.807) is 11.8 Å². The molecule has 0 bridgehead atoms. The van der Waals surface area contributed by atoms with Crippen molar-refractivity contribution in [2.75, 3.05) is 7.11 Å². The minimum absolute atomic E-state index is 0.658. The van der Waals surface area contributed by atoms with Crippen molar-refractivity contribution >= 4 is 24.2 Å². The monoisotopic (exact) mass is 186 g/mol. The van der Waals surface area contributed by atoms with E-state index in [1.165, 1.54) is 0 Å². The van der Waals surface area contributed by atoms with E-state index < -0.39 is 0 Å². The summed E-state index contributed by atoms with van der Waals surface area (Å²) in [4.78, 5) is 0. The number of ether oxygens (including phenoxy) is 1. The number of fused-ring (bicyclic) bond motifs is 1. The second-order valence-electron chi connectivity index (χ2n) is 3.36. The van der Waals surface area contributed by atoms with Gasteiger partial charge in [0.2, 0.25) is 0 Å². The van der Waals surface area contributed by atoms with Crippen molar-refractivity contribution in [3.63, 3.8) is 0 Å². The standard InChI is InChI=1S/C10H11BN2O/c1-6-9-7(5-13(2)12-9)4-8(11)10(6)14-3/h4-5H,1-3H3. The summed E-state index contributed by atoms with van der Waals surface area (Å²) >= 11 is 0. The Hall–Kier alpha value is -1.45. The highest BCUT2D eigenvalue weighted by molar-refractivity contribution is 6.35. The molecule has 0 aliphatic carbocycles. The molecule has 70 valence electrons. The minimum Gasteiger partial charge on any atom is -0.497 e. The van der Waals surface area contributed by atoms with Crippen LogP contribution in [-0.2, 0) is 7.05 Å². The molecule has 2 aromatic rings. The van der Waals surface area contributed by atoms with Crippen LogP contribution in [0.25, 0.3) is 10.9 Å². The van der Waals surface area contributed by atoms with Gasteiger partial charge in [-0.2, -0.15) is 5.10 Å². The van der Waals surface area contributed by atoms with E-state index in [9.17, 15) is 0 Å². The third-order valence-electron chi connectivity index (χ3n) is 2.33. The van der Waals surface area contributed by atoms with Gasteiger partial charge in [0.1, 0.15) is 13.6 Å². The zero-order valence-corrected chi connectivity index (χ0v) is 8.53. The Morgan fingerprint density at radius 3 is 2.86 bits per heavy atom. The molecule has 0 N–H and O–H groups in total. The van der Waals surface area contributed by atoms with Crippen molar-refractivity contribution in [1.29, 1.82) is 0 Å². The predicted molar refractivity (Wildman–Crippen MR) is 57.4 cm³/mol. The summed E-state index contributed by atoms with van der Waals surface area (Å²) in [5, 5.41) is 5.39. The van der Waals surface area contributed by atoms with Gasteiger partial charge in [0.25, 0.3) is 0 Å². The molecule has 14 heavy (non-hydrogen) atoms. The molecule has 2 radical (unpaired) electrons. The van der Waals surface area contributed by atoms with Gasteiger partial charge < -0.3 is 4.74 Å². The lowest BCUT2D eigenvalue weighted by Crippen LogP contribution is -2.08. The fourth-order valence-corrected chi connectivity index (χ4v) is 1.73.